The largest absolute Gasteiger partial charge is 0.383 e. The van der Waals surface area contributed by atoms with Crippen molar-refractivity contribution in [3.05, 3.63) is 23.8 Å². The van der Waals surface area contributed by atoms with E-state index in [-0.39, 0.29) is 0 Å². The van der Waals surface area contributed by atoms with Crippen molar-refractivity contribution in [1.29, 1.82) is 0 Å². The molecule has 0 radical (unpaired) electrons. The van der Waals surface area contributed by atoms with Crippen LogP contribution in [0.5, 0.6) is 0 Å². The minimum atomic E-state index is 0.753. The van der Waals surface area contributed by atoms with Gasteiger partial charge in [0.05, 0.1) is 11.4 Å². The van der Waals surface area contributed by atoms with Crippen molar-refractivity contribution in [2.24, 2.45) is 0 Å². The van der Waals surface area contributed by atoms with Gasteiger partial charge in [0.15, 0.2) is 0 Å². The van der Waals surface area contributed by atoms with E-state index in [0.717, 1.165) is 12.6 Å². The van der Waals surface area contributed by atoms with Gasteiger partial charge in [0.2, 0.25) is 0 Å². The van der Waals surface area contributed by atoms with Crippen LogP contribution in [0.25, 0.3) is 0 Å². The highest BCUT2D eigenvalue weighted by molar-refractivity contribution is 5.74. The van der Waals surface area contributed by atoms with E-state index in [0.29, 0.717) is 0 Å². The van der Waals surface area contributed by atoms with Crippen LogP contribution in [0.2, 0.25) is 0 Å². The summed E-state index contributed by atoms with van der Waals surface area (Å²) in [6.07, 6.45) is 5.04. The third kappa shape index (κ3) is 2.57. The maximum Gasteiger partial charge on any atom is 0.0610 e. The van der Waals surface area contributed by atoms with E-state index in [4.69, 9.17) is 0 Å². The summed E-state index contributed by atoms with van der Waals surface area (Å²) in [5, 5.41) is 3.61. The summed E-state index contributed by atoms with van der Waals surface area (Å²) in [5.41, 5.74) is 4.32. The Labute approximate surface area is 116 Å². The number of aryl methyl sites for hydroxylation is 1. The highest BCUT2D eigenvalue weighted by Gasteiger charge is 2.23. The Balaban J connectivity index is 1.77. The molecule has 104 valence electrons. The molecule has 1 N–H and O–H groups in total. The number of rotatable bonds is 2. The molecular formula is C16H25N3. The van der Waals surface area contributed by atoms with Gasteiger partial charge in [-0.15, -0.1) is 0 Å². The van der Waals surface area contributed by atoms with Crippen molar-refractivity contribution < 1.29 is 0 Å². The second-order valence-electron chi connectivity index (χ2n) is 6.02. The summed E-state index contributed by atoms with van der Waals surface area (Å²) in [7, 11) is 4.40. The summed E-state index contributed by atoms with van der Waals surface area (Å²) in [6, 6.07) is 7.54. The fourth-order valence-corrected chi connectivity index (χ4v) is 3.38. The Morgan fingerprint density at radius 2 is 2.00 bits per heavy atom. The molecule has 1 aromatic carbocycles. The van der Waals surface area contributed by atoms with Crippen LogP contribution in [0.1, 0.15) is 24.8 Å². The van der Waals surface area contributed by atoms with Gasteiger partial charge in [-0.25, -0.2) is 0 Å². The number of piperidine rings is 1. The standard InChI is InChI=1S/C16H25N3/c1-18(2)14-8-11-19(12-9-14)15-7-3-5-13-6-4-10-17-16(13)15/h3,5,7,14,17H,4,6,8-12H2,1-2H3. The van der Waals surface area contributed by atoms with Gasteiger partial charge in [-0.3, -0.25) is 0 Å². The molecular weight excluding hydrogens is 234 g/mol. The highest BCUT2D eigenvalue weighted by Crippen LogP contribution is 2.34. The van der Waals surface area contributed by atoms with E-state index in [2.05, 4.69) is 47.4 Å². The Hall–Kier alpha value is -1.22. The molecule has 0 aliphatic carbocycles. The molecule has 0 amide bonds. The van der Waals surface area contributed by atoms with Gasteiger partial charge in [0, 0.05) is 25.7 Å². The number of anilines is 2. The number of hydrogen-bond acceptors (Lipinski definition) is 3. The molecule has 1 saturated heterocycles. The number of fused-ring (bicyclic) bond motifs is 1. The van der Waals surface area contributed by atoms with E-state index in [1.54, 1.807) is 0 Å². The van der Waals surface area contributed by atoms with E-state index in [1.807, 2.05) is 0 Å². The quantitative estimate of drug-likeness (QED) is 0.880. The molecule has 1 fully saturated rings. The molecule has 3 nitrogen and oxygen atoms in total. The first kappa shape index (κ1) is 12.8. The van der Waals surface area contributed by atoms with E-state index in [1.165, 1.54) is 55.7 Å². The van der Waals surface area contributed by atoms with E-state index >= 15 is 0 Å². The third-order valence-electron chi connectivity index (χ3n) is 4.59. The summed E-state index contributed by atoms with van der Waals surface area (Å²) < 4.78 is 0. The lowest BCUT2D eigenvalue weighted by Crippen LogP contribution is -2.42. The second kappa shape index (κ2) is 5.41. The zero-order valence-corrected chi connectivity index (χ0v) is 12.2. The van der Waals surface area contributed by atoms with Crippen LogP contribution in [0.15, 0.2) is 18.2 Å². The van der Waals surface area contributed by atoms with E-state index < -0.39 is 0 Å². The predicted octanol–water partition coefficient (Wildman–Crippen LogP) is 2.58. The van der Waals surface area contributed by atoms with Gasteiger partial charge in [-0.2, -0.15) is 0 Å². The van der Waals surface area contributed by atoms with Crippen LogP contribution in [-0.2, 0) is 6.42 Å². The minimum Gasteiger partial charge on any atom is -0.383 e. The van der Waals surface area contributed by atoms with Gasteiger partial charge in [-0.05, 0) is 51.4 Å². The molecule has 2 aliphatic heterocycles. The first-order valence-electron chi connectivity index (χ1n) is 7.53. The van der Waals surface area contributed by atoms with Crippen molar-refractivity contribution in [3.8, 4) is 0 Å². The Bertz CT molecular complexity index is 434. The smallest absolute Gasteiger partial charge is 0.0610 e. The summed E-state index contributed by atoms with van der Waals surface area (Å²) in [4.78, 5) is 4.94. The molecule has 3 heteroatoms. The Morgan fingerprint density at radius 1 is 1.21 bits per heavy atom. The van der Waals surface area contributed by atoms with E-state index in [9.17, 15) is 0 Å². The van der Waals surface area contributed by atoms with Crippen LogP contribution in [-0.4, -0.2) is 44.7 Å². The van der Waals surface area contributed by atoms with Crippen LogP contribution < -0.4 is 10.2 Å². The van der Waals surface area contributed by atoms with Crippen molar-refractivity contribution in [2.45, 2.75) is 31.7 Å². The SMILES string of the molecule is CN(C)C1CCN(c2cccc3c2NCCC3)CC1. The normalized spacial score (nSPS) is 20.3. The molecule has 0 unspecified atom stereocenters. The average Bonchev–Trinajstić information content (AvgIpc) is 2.47. The topological polar surface area (TPSA) is 18.5 Å². The van der Waals surface area contributed by atoms with Gasteiger partial charge in [-0.1, -0.05) is 12.1 Å². The van der Waals surface area contributed by atoms with Crippen LogP contribution in [0, 0.1) is 0 Å². The first-order chi connectivity index (χ1) is 9.25. The zero-order chi connectivity index (χ0) is 13.2. The molecule has 0 spiro atoms. The lowest BCUT2D eigenvalue weighted by molar-refractivity contribution is 0.250. The first-order valence-corrected chi connectivity index (χ1v) is 7.53. The molecule has 2 aliphatic rings. The average molecular weight is 259 g/mol. The number of nitrogens with zero attached hydrogens (tertiary/aromatic N) is 2. The van der Waals surface area contributed by atoms with Crippen LogP contribution in [0.4, 0.5) is 11.4 Å². The maximum atomic E-state index is 3.61. The van der Waals surface area contributed by atoms with Gasteiger partial charge in [0.25, 0.3) is 0 Å². The van der Waals surface area contributed by atoms with Crippen molar-refractivity contribution in [1.82, 2.24) is 4.90 Å². The number of benzene rings is 1. The van der Waals surface area contributed by atoms with Crippen LogP contribution in [0.3, 0.4) is 0 Å². The second-order valence-corrected chi connectivity index (χ2v) is 6.02. The highest BCUT2D eigenvalue weighted by atomic mass is 15.2. The molecule has 3 rings (SSSR count). The molecule has 1 aromatic rings. The number of hydrogen-bond donors (Lipinski definition) is 1. The van der Waals surface area contributed by atoms with Gasteiger partial charge >= 0.3 is 0 Å². The molecule has 0 atom stereocenters. The molecule has 2 heterocycles. The fraction of sp³-hybridized carbons (Fsp3) is 0.625. The third-order valence-corrected chi connectivity index (χ3v) is 4.59. The van der Waals surface area contributed by atoms with Crippen molar-refractivity contribution in [3.63, 3.8) is 0 Å². The minimum absolute atomic E-state index is 0.753. The van der Waals surface area contributed by atoms with Crippen molar-refractivity contribution in [2.75, 3.05) is 43.9 Å². The lowest BCUT2D eigenvalue weighted by atomic mass is 9.99. The summed E-state index contributed by atoms with van der Waals surface area (Å²) in [6.45, 7) is 3.49. The van der Waals surface area contributed by atoms with Crippen molar-refractivity contribution >= 4 is 11.4 Å². The molecule has 19 heavy (non-hydrogen) atoms. The van der Waals surface area contributed by atoms with Gasteiger partial charge < -0.3 is 15.1 Å². The summed E-state index contributed by atoms with van der Waals surface area (Å²) >= 11 is 0. The Morgan fingerprint density at radius 3 is 2.74 bits per heavy atom. The van der Waals surface area contributed by atoms with Crippen LogP contribution >= 0.6 is 0 Å². The molecule has 0 aromatic heterocycles. The summed E-state index contributed by atoms with van der Waals surface area (Å²) in [5.74, 6) is 0. The van der Waals surface area contributed by atoms with Gasteiger partial charge in [0.1, 0.15) is 0 Å². The Kier molecular flexibility index (Phi) is 3.65. The molecule has 0 bridgehead atoms. The predicted molar refractivity (Wildman–Crippen MR) is 82.2 cm³/mol. The monoisotopic (exact) mass is 259 g/mol. The number of nitrogens with one attached hydrogen (secondary N) is 1. The fourth-order valence-electron chi connectivity index (χ4n) is 3.38. The number of para-hydroxylation sites is 1. The zero-order valence-electron chi connectivity index (χ0n) is 12.2. The lowest BCUT2D eigenvalue weighted by Gasteiger charge is -2.38. The maximum absolute atomic E-state index is 3.61. The molecule has 0 saturated carbocycles.